The van der Waals surface area contributed by atoms with Gasteiger partial charge in [-0.05, 0) is 45.2 Å². The quantitative estimate of drug-likeness (QED) is 0.908. The van der Waals surface area contributed by atoms with Gasteiger partial charge in [-0.15, -0.1) is 0 Å². The Morgan fingerprint density at radius 3 is 2.36 bits per heavy atom. The summed E-state index contributed by atoms with van der Waals surface area (Å²) in [6, 6.07) is 11.7. The number of piperazine rings is 1. The molecule has 5 heteroatoms. The number of nitrogens with zero attached hydrogens (tertiary/aromatic N) is 2. The highest BCUT2D eigenvalue weighted by molar-refractivity contribution is 5.94. The third kappa shape index (κ3) is 4.50. The average Bonchev–Trinajstić information content (AvgIpc) is 3.03. The normalized spacial score (nSPS) is 17.4. The van der Waals surface area contributed by atoms with Gasteiger partial charge >= 0.3 is 0 Å². The van der Waals surface area contributed by atoms with Crippen molar-refractivity contribution < 1.29 is 9.21 Å². The van der Waals surface area contributed by atoms with Crippen LogP contribution in [0.3, 0.4) is 0 Å². The predicted molar refractivity (Wildman–Crippen MR) is 98.8 cm³/mol. The lowest BCUT2D eigenvalue weighted by atomic mass is 10.1. The van der Waals surface area contributed by atoms with Gasteiger partial charge in [0.15, 0.2) is 0 Å². The molecule has 0 unspecified atom stereocenters. The molecule has 0 bridgehead atoms. The first-order chi connectivity index (χ1) is 12.0. The van der Waals surface area contributed by atoms with Crippen LogP contribution in [0.4, 0.5) is 0 Å². The molecule has 0 spiro atoms. The Kier molecular flexibility index (Phi) is 5.56. The molecule has 134 valence electrons. The van der Waals surface area contributed by atoms with E-state index in [0.29, 0.717) is 12.1 Å². The van der Waals surface area contributed by atoms with Crippen LogP contribution in [0.5, 0.6) is 0 Å². The van der Waals surface area contributed by atoms with Gasteiger partial charge in [0.05, 0.1) is 6.04 Å². The molecule has 5 nitrogen and oxygen atoms in total. The predicted octanol–water partition coefficient (Wildman–Crippen LogP) is 2.61. The van der Waals surface area contributed by atoms with Gasteiger partial charge in [-0.25, -0.2) is 0 Å². The highest BCUT2D eigenvalue weighted by Crippen LogP contribution is 2.23. The summed E-state index contributed by atoms with van der Waals surface area (Å²) in [6.07, 6.45) is 0. The van der Waals surface area contributed by atoms with E-state index in [1.807, 2.05) is 50.2 Å². The third-order valence-corrected chi connectivity index (χ3v) is 4.84. The van der Waals surface area contributed by atoms with E-state index in [1.165, 1.54) is 0 Å². The second-order valence-corrected chi connectivity index (χ2v) is 6.88. The Labute approximate surface area is 149 Å². The molecule has 1 aliphatic rings. The highest BCUT2D eigenvalue weighted by Gasteiger charge is 2.26. The van der Waals surface area contributed by atoms with Gasteiger partial charge in [-0.3, -0.25) is 9.69 Å². The van der Waals surface area contributed by atoms with Crippen LogP contribution in [0.1, 0.15) is 33.5 Å². The summed E-state index contributed by atoms with van der Waals surface area (Å²) in [4.78, 5) is 17.2. The van der Waals surface area contributed by atoms with E-state index in [0.717, 1.165) is 43.3 Å². The number of nitrogens with one attached hydrogen (secondary N) is 1. The van der Waals surface area contributed by atoms with Crippen LogP contribution >= 0.6 is 0 Å². The van der Waals surface area contributed by atoms with Gasteiger partial charge in [0.1, 0.15) is 11.5 Å². The molecule has 0 radical (unpaired) electrons. The van der Waals surface area contributed by atoms with Crippen LogP contribution < -0.4 is 5.32 Å². The van der Waals surface area contributed by atoms with Gasteiger partial charge in [-0.2, -0.15) is 0 Å². The minimum Gasteiger partial charge on any atom is -0.465 e. The fraction of sp³-hybridized carbons (Fsp3) is 0.450. The summed E-state index contributed by atoms with van der Waals surface area (Å²) in [5.41, 5.74) is 1.84. The van der Waals surface area contributed by atoms with Gasteiger partial charge in [-0.1, -0.05) is 17.7 Å². The van der Waals surface area contributed by atoms with Crippen LogP contribution in [0.25, 0.3) is 0 Å². The van der Waals surface area contributed by atoms with Crippen molar-refractivity contribution in [2.24, 2.45) is 0 Å². The first kappa shape index (κ1) is 17.7. The van der Waals surface area contributed by atoms with Crippen LogP contribution in [-0.4, -0.2) is 55.5 Å². The van der Waals surface area contributed by atoms with E-state index in [2.05, 4.69) is 22.2 Å². The second kappa shape index (κ2) is 7.85. The maximum absolute atomic E-state index is 12.5. The summed E-state index contributed by atoms with van der Waals surface area (Å²) in [5.74, 6) is 1.78. The molecule has 1 atom stereocenters. The number of rotatable bonds is 5. The van der Waals surface area contributed by atoms with E-state index in [4.69, 9.17) is 4.42 Å². The van der Waals surface area contributed by atoms with E-state index in [-0.39, 0.29) is 11.9 Å². The summed E-state index contributed by atoms with van der Waals surface area (Å²) in [7, 11) is 2.14. The van der Waals surface area contributed by atoms with Gasteiger partial charge < -0.3 is 14.6 Å². The van der Waals surface area contributed by atoms with E-state index >= 15 is 0 Å². The van der Waals surface area contributed by atoms with Crippen molar-refractivity contribution >= 4 is 5.91 Å². The minimum atomic E-state index is -0.0394. The number of furan rings is 1. The first-order valence-corrected chi connectivity index (χ1v) is 8.87. The Bertz CT molecular complexity index is 700. The molecule has 1 saturated heterocycles. The van der Waals surface area contributed by atoms with Crippen molar-refractivity contribution in [2.75, 3.05) is 39.8 Å². The third-order valence-electron chi connectivity index (χ3n) is 4.84. The molecular weight excluding hydrogens is 314 g/mol. The van der Waals surface area contributed by atoms with E-state index in [1.54, 1.807) is 0 Å². The Hall–Kier alpha value is -2.11. The van der Waals surface area contributed by atoms with Crippen LogP contribution in [-0.2, 0) is 0 Å². The molecule has 1 fully saturated rings. The largest absolute Gasteiger partial charge is 0.465 e. The number of likely N-dealkylation sites (N-methyl/N-ethyl adjacent to an activating group) is 1. The molecule has 2 heterocycles. The van der Waals surface area contributed by atoms with Crippen molar-refractivity contribution in [1.82, 2.24) is 15.1 Å². The zero-order valence-corrected chi connectivity index (χ0v) is 15.3. The van der Waals surface area contributed by atoms with Crippen LogP contribution in [0.15, 0.2) is 40.8 Å². The van der Waals surface area contributed by atoms with Crippen molar-refractivity contribution in [3.63, 3.8) is 0 Å². The van der Waals surface area contributed by atoms with Crippen LogP contribution in [0.2, 0.25) is 0 Å². The Morgan fingerprint density at radius 2 is 1.76 bits per heavy atom. The van der Waals surface area contributed by atoms with Gasteiger partial charge in [0.25, 0.3) is 5.91 Å². The smallest absolute Gasteiger partial charge is 0.251 e. The monoisotopic (exact) mass is 341 g/mol. The minimum absolute atomic E-state index is 0.0394. The molecule has 1 aromatic carbocycles. The van der Waals surface area contributed by atoms with Crippen molar-refractivity contribution in [3.05, 3.63) is 59.0 Å². The summed E-state index contributed by atoms with van der Waals surface area (Å²) in [6.45, 7) is 8.52. The molecule has 0 saturated carbocycles. The number of benzene rings is 1. The van der Waals surface area contributed by atoms with Crippen LogP contribution in [0, 0.1) is 13.8 Å². The second-order valence-electron chi connectivity index (χ2n) is 6.88. The number of hydrogen-bond acceptors (Lipinski definition) is 4. The maximum Gasteiger partial charge on any atom is 0.251 e. The number of hydrogen-bond donors (Lipinski definition) is 1. The van der Waals surface area contributed by atoms with E-state index < -0.39 is 0 Å². The molecule has 1 aromatic heterocycles. The SMILES string of the molecule is Cc1ccc(C(=O)NC[C@@H](c2ccc(C)o2)N2CCN(C)CC2)cc1. The lowest BCUT2D eigenvalue weighted by molar-refractivity contribution is 0.0849. The molecule has 0 aliphatic carbocycles. The zero-order chi connectivity index (χ0) is 17.8. The molecule has 1 amide bonds. The number of carbonyl (C=O) groups is 1. The Morgan fingerprint density at radius 1 is 1.08 bits per heavy atom. The first-order valence-electron chi connectivity index (χ1n) is 8.87. The summed E-state index contributed by atoms with van der Waals surface area (Å²) in [5, 5.41) is 3.08. The molecule has 1 N–H and O–H groups in total. The molecule has 3 rings (SSSR count). The van der Waals surface area contributed by atoms with Crippen molar-refractivity contribution in [3.8, 4) is 0 Å². The lowest BCUT2D eigenvalue weighted by Gasteiger charge is -2.37. The standard InChI is InChI=1S/C20H27N3O2/c1-15-4-7-17(8-5-15)20(24)21-14-18(19-9-6-16(2)25-19)23-12-10-22(3)11-13-23/h4-9,18H,10-14H2,1-3H3,(H,21,24)/t18-/m0/s1. The number of amides is 1. The fourth-order valence-corrected chi connectivity index (χ4v) is 3.17. The Balaban J connectivity index is 1.69. The molecular formula is C20H27N3O2. The number of aryl methyl sites for hydroxylation is 2. The topological polar surface area (TPSA) is 48.7 Å². The molecule has 2 aromatic rings. The summed E-state index contributed by atoms with van der Waals surface area (Å²) < 4.78 is 5.87. The number of carbonyl (C=O) groups excluding carboxylic acids is 1. The lowest BCUT2D eigenvalue weighted by Crippen LogP contribution is -2.48. The van der Waals surface area contributed by atoms with Crippen molar-refractivity contribution in [2.45, 2.75) is 19.9 Å². The molecule has 1 aliphatic heterocycles. The maximum atomic E-state index is 12.5. The van der Waals surface area contributed by atoms with Crippen molar-refractivity contribution in [1.29, 1.82) is 0 Å². The summed E-state index contributed by atoms with van der Waals surface area (Å²) >= 11 is 0. The van der Waals surface area contributed by atoms with Gasteiger partial charge in [0.2, 0.25) is 0 Å². The fourth-order valence-electron chi connectivity index (χ4n) is 3.17. The molecule has 25 heavy (non-hydrogen) atoms. The van der Waals surface area contributed by atoms with E-state index in [9.17, 15) is 4.79 Å². The van der Waals surface area contributed by atoms with Gasteiger partial charge in [0, 0.05) is 38.3 Å². The highest BCUT2D eigenvalue weighted by atomic mass is 16.3. The zero-order valence-electron chi connectivity index (χ0n) is 15.3. The average molecular weight is 341 g/mol.